The van der Waals surface area contributed by atoms with Crippen molar-refractivity contribution in [3.05, 3.63) is 66.3 Å². The van der Waals surface area contributed by atoms with Gasteiger partial charge >= 0.3 is 0 Å². The van der Waals surface area contributed by atoms with Crippen LogP contribution in [0.3, 0.4) is 0 Å². The minimum atomic E-state index is -0.408. The standard InChI is InChI=1S/C20H14I2N2O2/c1-2-8-26-19-17(21)10-15(11-18(19)22)9-16(12-23)20(25)24-13-14-6-4-3-5-7-14/h1,3-7,9-11H,8,13H2,(H,24,25)/b16-9-. The summed E-state index contributed by atoms with van der Waals surface area (Å²) in [5, 5.41) is 12.1. The maximum atomic E-state index is 12.3. The molecule has 0 spiro atoms. The van der Waals surface area contributed by atoms with Gasteiger partial charge in [0.05, 0.1) is 7.14 Å². The highest BCUT2D eigenvalue weighted by atomic mass is 127. The molecule has 0 heterocycles. The number of ether oxygens (including phenoxy) is 1. The second-order valence-corrected chi connectivity index (χ2v) is 7.47. The Kier molecular flexibility index (Phi) is 7.95. The zero-order valence-electron chi connectivity index (χ0n) is 13.6. The van der Waals surface area contributed by atoms with Gasteiger partial charge in [-0.3, -0.25) is 4.79 Å². The number of carbonyl (C=O) groups is 1. The predicted octanol–water partition coefficient (Wildman–Crippen LogP) is 4.13. The minimum Gasteiger partial charge on any atom is -0.479 e. The first-order chi connectivity index (χ1) is 12.5. The average Bonchev–Trinajstić information content (AvgIpc) is 2.64. The molecule has 0 atom stereocenters. The van der Waals surface area contributed by atoms with Crippen LogP contribution in [0.1, 0.15) is 11.1 Å². The van der Waals surface area contributed by atoms with Crippen molar-refractivity contribution in [1.29, 1.82) is 5.26 Å². The van der Waals surface area contributed by atoms with Gasteiger partial charge in [-0.05, 0) is 74.5 Å². The highest BCUT2D eigenvalue weighted by Crippen LogP contribution is 2.29. The largest absolute Gasteiger partial charge is 0.479 e. The van der Waals surface area contributed by atoms with Crippen LogP contribution in [-0.4, -0.2) is 12.5 Å². The second kappa shape index (κ2) is 10.2. The first-order valence-electron chi connectivity index (χ1n) is 7.54. The van der Waals surface area contributed by atoms with Gasteiger partial charge in [0.15, 0.2) is 0 Å². The molecule has 130 valence electrons. The molecule has 0 aliphatic carbocycles. The number of rotatable bonds is 6. The number of carbonyl (C=O) groups excluding carboxylic acids is 1. The molecule has 2 aromatic carbocycles. The van der Waals surface area contributed by atoms with Gasteiger partial charge in [0, 0.05) is 6.54 Å². The smallest absolute Gasteiger partial charge is 0.262 e. The third-order valence-corrected chi connectivity index (χ3v) is 4.90. The molecule has 0 unspecified atom stereocenters. The summed E-state index contributed by atoms with van der Waals surface area (Å²) in [6.07, 6.45) is 6.79. The maximum absolute atomic E-state index is 12.3. The lowest BCUT2D eigenvalue weighted by molar-refractivity contribution is -0.117. The Morgan fingerprint density at radius 3 is 2.46 bits per heavy atom. The zero-order chi connectivity index (χ0) is 18.9. The SMILES string of the molecule is C#CCOc1c(I)cc(/C=C(/C#N)C(=O)NCc2ccccc2)cc1I. The summed E-state index contributed by atoms with van der Waals surface area (Å²) >= 11 is 4.28. The van der Waals surface area contributed by atoms with E-state index in [1.165, 1.54) is 0 Å². The van der Waals surface area contributed by atoms with E-state index in [4.69, 9.17) is 11.2 Å². The number of hydrogen-bond acceptors (Lipinski definition) is 3. The number of nitrogens with zero attached hydrogens (tertiary/aromatic N) is 1. The van der Waals surface area contributed by atoms with Gasteiger partial charge < -0.3 is 10.1 Å². The molecule has 1 N–H and O–H groups in total. The zero-order valence-corrected chi connectivity index (χ0v) is 17.9. The van der Waals surface area contributed by atoms with Crippen molar-refractivity contribution < 1.29 is 9.53 Å². The molecule has 0 fully saturated rings. The highest BCUT2D eigenvalue weighted by Gasteiger charge is 2.12. The molecule has 6 heteroatoms. The van der Waals surface area contributed by atoms with Crippen molar-refractivity contribution in [2.45, 2.75) is 6.54 Å². The Morgan fingerprint density at radius 2 is 1.88 bits per heavy atom. The Hall–Kier alpha value is -2.04. The van der Waals surface area contributed by atoms with E-state index < -0.39 is 5.91 Å². The van der Waals surface area contributed by atoms with Gasteiger partial charge in [-0.25, -0.2) is 0 Å². The van der Waals surface area contributed by atoms with E-state index in [9.17, 15) is 10.1 Å². The molecule has 4 nitrogen and oxygen atoms in total. The lowest BCUT2D eigenvalue weighted by Gasteiger charge is -2.09. The maximum Gasteiger partial charge on any atom is 0.262 e. The lowest BCUT2D eigenvalue weighted by atomic mass is 10.1. The number of benzene rings is 2. The van der Waals surface area contributed by atoms with Crippen LogP contribution in [0.4, 0.5) is 0 Å². The van der Waals surface area contributed by atoms with Crippen LogP contribution in [-0.2, 0) is 11.3 Å². The van der Waals surface area contributed by atoms with Crippen molar-refractivity contribution >= 4 is 57.2 Å². The quantitative estimate of drug-likeness (QED) is 0.247. The summed E-state index contributed by atoms with van der Waals surface area (Å²) < 4.78 is 7.24. The molecular formula is C20H14I2N2O2. The molecule has 0 aromatic heterocycles. The Balaban J connectivity index is 2.16. The summed E-state index contributed by atoms with van der Waals surface area (Å²) in [4.78, 5) is 12.3. The van der Waals surface area contributed by atoms with Gasteiger partial charge in [-0.15, -0.1) is 6.42 Å². The molecule has 0 radical (unpaired) electrons. The molecular weight excluding hydrogens is 554 g/mol. The molecule has 2 rings (SSSR count). The number of nitriles is 1. The summed E-state index contributed by atoms with van der Waals surface area (Å²) in [7, 11) is 0. The number of halogens is 2. The van der Waals surface area contributed by atoms with E-state index in [2.05, 4.69) is 56.4 Å². The van der Waals surface area contributed by atoms with Crippen molar-refractivity contribution in [2.24, 2.45) is 0 Å². The normalized spacial score (nSPS) is 10.5. The summed E-state index contributed by atoms with van der Waals surface area (Å²) in [5.41, 5.74) is 1.76. The molecule has 0 saturated carbocycles. The van der Waals surface area contributed by atoms with Crippen LogP contribution in [0.5, 0.6) is 5.75 Å². The average molecular weight is 568 g/mol. The van der Waals surface area contributed by atoms with Crippen LogP contribution in [0, 0.1) is 30.8 Å². The summed E-state index contributed by atoms with van der Waals surface area (Å²) in [6.45, 7) is 0.555. The first-order valence-corrected chi connectivity index (χ1v) is 9.70. The van der Waals surface area contributed by atoms with E-state index in [0.29, 0.717) is 12.3 Å². The van der Waals surface area contributed by atoms with Crippen molar-refractivity contribution in [1.82, 2.24) is 5.32 Å². The van der Waals surface area contributed by atoms with Crippen LogP contribution in [0.25, 0.3) is 6.08 Å². The van der Waals surface area contributed by atoms with Gasteiger partial charge in [0.2, 0.25) is 0 Å². The van der Waals surface area contributed by atoms with Crippen LogP contribution < -0.4 is 10.1 Å². The summed E-state index contributed by atoms with van der Waals surface area (Å²) in [6, 6.07) is 15.2. The van der Waals surface area contributed by atoms with Crippen LogP contribution in [0.2, 0.25) is 0 Å². The molecule has 1 amide bonds. The van der Waals surface area contributed by atoms with E-state index >= 15 is 0 Å². The molecule has 2 aromatic rings. The fourth-order valence-corrected chi connectivity index (χ4v) is 4.23. The van der Waals surface area contributed by atoms with Gasteiger partial charge in [-0.2, -0.15) is 5.26 Å². The molecule has 0 aliphatic rings. The highest BCUT2D eigenvalue weighted by molar-refractivity contribution is 14.1. The van der Waals surface area contributed by atoms with E-state index in [0.717, 1.165) is 18.3 Å². The minimum absolute atomic E-state index is 0.0461. The number of hydrogen-bond donors (Lipinski definition) is 1. The van der Waals surface area contributed by atoms with E-state index in [-0.39, 0.29) is 12.2 Å². The number of nitrogens with one attached hydrogen (secondary N) is 1. The van der Waals surface area contributed by atoms with Gasteiger partial charge in [0.1, 0.15) is 24.0 Å². The number of amides is 1. The summed E-state index contributed by atoms with van der Waals surface area (Å²) in [5.74, 6) is 2.73. The Morgan fingerprint density at radius 1 is 1.23 bits per heavy atom. The Bertz CT molecular complexity index is 887. The topological polar surface area (TPSA) is 62.1 Å². The van der Waals surface area contributed by atoms with Crippen molar-refractivity contribution in [3.63, 3.8) is 0 Å². The third kappa shape index (κ3) is 5.75. The van der Waals surface area contributed by atoms with Gasteiger partial charge in [0.25, 0.3) is 5.91 Å². The van der Waals surface area contributed by atoms with Crippen molar-refractivity contribution in [2.75, 3.05) is 6.61 Å². The van der Waals surface area contributed by atoms with Crippen LogP contribution in [0.15, 0.2) is 48.0 Å². The van der Waals surface area contributed by atoms with Crippen LogP contribution >= 0.6 is 45.2 Å². The molecule has 0 aliphatic heterocycles. The predicted molar refractivity (Wildman–Crippen MR) is 118 cm³/mol. The van der Waals surface area contributed by atoms with Crippen molar-refractivity contribution in [3.8, 4) is 24.2 Å². The Labute approximate surface area is 179 Å². The van der Waals surface area contributed by atoms with E-state index in [1.807, 2.05) is 48.5 Å². The molecule has 0 bridgehead atoms. The monoisotopic (exact) mass is 568 g/mol. The fourth-order valence-electron chi connectivity index (χ4n) is 2.10. The first kappa shape index (κ1) is 20.3. The van der Waals surface area contributed by atoms with Gasteiger partial charge in [-0.1, -0.05) is 36.3 Å². The molecule has 0 saturated heterocycles. The molecule has 26 heavy (non-hydrogen) atoms. The second-order valence-electron chi connectivity index (χ2n) is 5.14. The number of terminal acetylenes is 1. The fraction of sp³-hybridized carbons (Fsp3) is 0.100. The van der Waals surface area contributed by atoms with E-state index in [1.54, 1.807) is 6.08 Å². The lowest BCUT2D eigenvalue weighted by Crippen LogP contribution is -2.23. The third-order valence-electron chi connectivity index (χ3n) is 3.29.